The maximum absolute atomic E-state index is 12.3. The number of nitrogens with zero attached hydrogens (tertiary/aromatic N) is 1. The number of amides is 1. The van der Waals surface area contributed by atoms with Crippen LogP contribution in [0, 0.1) is 0 Å². The second-order valence-electron chi connectivity index (χ2n) is 7.07. The van der Waals surface area contributed by atoms with Crippen molar-refractivity contribution in [1.82, 2.24) is 10.3 Å². The molecule has 8 heteroatoms. The molecule has 0 aliphatic carbocycles. The Morgan fingerprint density at radius 1 is 1.16 bits per heavy atom. The Labute approximate surface area is 184 Å². The van der Waals surface area contributed by atoms with Crippen LogP contribution >= 0.6 is 11.3 Å². The summed E-state index contributed by atoms with van der Waals surface area (Å²) >= 11 is 1.36. The van der Waals surface area contributed by atoms with Gasteiger partial charge in [-0.25, -0.2) is 9.78 Å². The minimum Gasteiger partial charge on any atom is -0.454 e. The van der Waals surface area contributed by atoms with E-state index in [0.717, 1.165) is 22.6 Å². The summed E-state index contributed by atoms with van der Waals surface area (Å²) in [6.45, 7) is 3.75. The van der Waals surface area contributed by atoms with E-state index in [1.165, 1.54) is 16.9 Å². The van der Waals surface area contributed by atoms with Crippen molar-refractivity contribution >= 4 is 23.2 Å². The van der Waals surface area contributed by atoms with E-state index in [9.17, 15) is 9.59 Å². The van der Waals surface area contributed by atoms with E-state index in [1.54, 1.807) is 11.4 Å². The number of hydrogen-bond acceptors (Lipinski definition) is 7. The summed E-state index contributed by atoms with van der Waals surface area (Å²) in [6.07, 6.45) is 0.963. The van der Waals surface area contributed by atoms with E-state index < -0.39 is 11.9 Å². The lowest BCUT2D eigenvalue weighted by Crippen LogP contribution is -2.31. The molecule has 7 nitrogen and oxygen atoms in total. The molecular formula is C23H22N2O5S. The first-order valence-electron chi connectivity index (χ1n) is 9.94. The number of esters is 1. The van der Waals surface area contributed by atoms with Gasteiger partial charge in [-0.2, -0.15) is 0 Å². The molecule has 1 unspecified atom stereocenters. The smallest absolute Gasteiger partial charge is 0.358 e. The zero-order valence-electron chi connectivity index (χ0n) is 17.2. The maximum atomic E-state index is 12.3. The number of fused-ring (bicyclic) bond motifs is 1. The Morgan fingerprint density at radius 3 is 2.71 bits per heavy atom. The monoisotopic (exact) mass is 438 g/mol. The third-order valence-electron chi connectivity index (χ3n) is 4.93. The highest BCUT2D eigenvalue weighted by atomic mass is 32.1. The number of benzene rings is 2. The van der Waals surface area contributed by atoms with Crippen LogP contribution in [0.25, 0.3) is 10.6 Å². The van der Waals surface area contributed by atoms with Crippen LogP contribution in [0.5, 0.6) is 11.5 Å². The fourth-order valence-electron chi connectivity index (χ4n) is 3.14. The number of ether oxygens (including phenoxy) is 3. The summed E-state index contributed by atoms with van der Waals surface area (Å²) < 4.78 is 15.8. The molecule has 0 saturated heterocycles. The second-order valence-corrected chi connectivity index (χ2v) is 7.92. The van der Waals surface area contributed by atoms with Crippen molar-refractivity contribution in [3.8, 4) is 22.1 Å². The van der Waals surface area contributed by atoms with Crippen molar-refractivity contribution in [1.29, 1.82) is 0 Å². The van der Waals surface area contributed by atoms with E-state index >= 15 is 0 Å². The van der Waals surface area contributed by atoms with Gasteiger partial charge in [-0.05, 0) is 36.6 Å². The average Bonchev–Trinajstić information content (AvgIpc) is 3.46. The van der Waals surface area contributed by atoms with E-state index in [0.29, 0.717) is 11.5 Å². The quantitative estimate of drug-likeness (QED) is 0.558. The third-order valence-corrected chi connectivity index (χ3v) is 5.82. The normalized spacial score (nSPS) is 13.0. The fraction of sp³-hybridized carbons (Fsp3) is 0.261. The third kappa shape index (κ3) is 4.86. The molecule has 31 heavy (non-hydrogen) atoms. The predicted octanol–water partition coefficient (Wildman–Crippen LogP) is 4.14. The van der Waals surface area contributed by atoms with Gasteiger partial charge >= 0.3 is 5.97 Å². The van der Waals surface area contributed by atoms with Crippen LogP contribution in [0.3, 0.4) is 0 Å². The van der Waals surface area contributed by atoms with E-state index in [-0.39, 0.29) is 25.1 Å². The van der Waals surface area contributed by atoms with Gasteiger partial charge in [-0.3, -0.25) is 4.79 Å². The number of rotatable bonds is 7. The molecule has 1 aromatic heterocycles. The standard InChI is InChI=1S/C23H22N2O5S/c1-3-15-4-6-16(7-5-15)22-25-18(12-31-22)23(27)28-11-21(26)24-14(2)17-8-9-19-20(10-17)30-13-29-19/h4-10,12,14H,3,11,13H2,1-2H3,(H,24,26). The molecule has 1 amide bonds. The van der Waals surface area contributed by atoms with Crippen LogP contribution in [0.15, 0.2) is 47.8 Å². The maximum Gasteiger partial charge on any atom is 0.358 e. The highest BCUT2D eigenvalue weighted by Gasteiger charge is 2.19. The molecular weight excluding hydrogens is 416 g/mol. The van der Waals surface area contributed by atoms with Gasteiger partial charge in [0.15, 0.2) is 23.8 Å². The second kappa shape index (κ2) is 9.18. The van der Waals surface area contributed by atoms with Crippen molar-refractivity contribution in [3.63, 3.8) is 0 Å². The summed E-state index contributed by atoms with van der Waals surface area (Å²) in [5.74, 6) is 0.302. The van der Waals surface area contributed by atoms with E-state index in [2.05, 4.69) is 17.2 Å². The van der Waals surface area contributed by atoms with Gasteiger partial charge in [-0.1, -0.05) is 37.3 Å². The summed E-state index contributed by atoms with van der Waals surface area (Å²) in [4.78, 5) is 28.9. The molecule has 0 saturated carbocycles. The van der Waals surface area contributed by atoms with Crippen molar-refractivity contribution in [2.24, 2.45) is 0 Å². The summed E-state index contributed by atoms with van der Waals surface area (Å²) in [6, 6.07) is 13.3. The van der Waals surface area contributed by atoms with Crippen LogP contribution in [0.4, 0.5) is 0 Å². The molecule has 0 fully saturated rings. The molecule has 2 heterocycles. The highest BCUT2D eigenvalue weighted by molar-refractivity contribution is 7.13. The fourth-order valence-corrected chi connectivity index (χ4v) is 3.93. The lowest BCUT2D eigenvalue weighted by molar-refractivity contribution is -0.124. The van der Waals surface area contributed by atoms with E-state index in [1.807, 2.05) is 43.3 Å². The number of carbonyl (C=O) groups is 2. The molecule has 1 aliphatic heterocycles. The van der Waals surface area contributed by atoms with Gasteiger partial charge in [0.1, 0.15) is 5.01 Å². The molecule has 160 valence electrons. The predicted molar refractivity (Wildman–Crippen MR) is 116 cm³/mol. The summed E-state index contributed by atoms with van der Waals surface area (Å²) in [5.41, 5.74) is 3.23. The van der Waals surface area contributed by atoms with Crippen LogP contribution < -0.4 is 14.8 Å². The molecule has 1 atom stereocenters. The lowest BCUT2D eigenvalue weighted by atomic mass is 10.1. The van der Waals surface area contributed by atoms with Gasteiger partial charge in [0.2, 0.25) is 6.79 Å². The summed E-state index contributed by atoms with van der Waals surface area (Å²) in [5, 5.41) is 5.18. The summed E-state index contributed by atoms with van der Waals surface area (Å²) in [7, 11) is 0. The van der Waals surface area contributed by atoms with Gasteiger partial charge in [0, 0.05) is 10.9 Å². The van der Waals surface area contributed by atoms with Crippen LogP contribution in [0.2, 0.25) is 0 Å². The van der Waals surface area contributed by atoms with Crippen molar-refractivity contribution < 1.29 is 23.8 Å². The number of thiazole rings is 1. The van der Waals surface area contributed by atoms with Crippen LogP contribution in [-0.2, 0) is 16.0 Å². The Hall–Kier alpha value is -3.39. The first kappa shape index (κ1) is 20.9. The Kier molecular flexibility index (Phi) is 6.18. The van der Waals surface area contributed by atoms with Crippen molar-refractivity contribution in [2.75, 3.05) is 13.4 Å². The topological polar surface area (TPSA) is 86.8 Å². The minimum atomic E-state index is -0.626. The first-order valence-corrected chi connectivity index (χ1v) is 10.8. The van der Waals surface area contributed by atoms with Gasteiger partial charge < -0.3 is 19.5 Å². The molecule has 0 radical (unpaired) electrons. The number of nitrogens with one attached hydrogen (secondary N) is 1. The van der Waals surface area contributed by atoms with Gasteiger partial charge in [0.05, 0.1) is 6.04 Å². The molecule has 3 aromatic rings. The average molecular weight is 439 g/mol. The minimum absolute atomic E-state index is 0.191. The zero-order chi connectivity index (χ0) is 21.8. The Balaban J connectivity index is 1.30. The molecule has 0 spiro atoms. The molecule has 2 aromatic carbocycles. The lowest BCUT2D eigenvalue weighted by Gasteiger charge is -2.14. The van der Waals surface area contributed by atoms with Crippen LogP contribution in [0.1, 0.15) is 41.5 Å². The number of aryl methyl sites for hydroxylation is 1. The largest absolute Gasteiger partial charge is 0.454 e. The number of aromatic nitrogens is 1. The number of hydrogen-bond donors (Lipinski definition) is 1. The SMILES string of the molecule is CCc1ccc(-c2nc(C(=O)OCC(=O)NC(C)c3ccc4c(c3)OCO4)cs2)cc1. The van der Waals surface area contributed by atoms with Gasteiger partial charge in [0.25, 0.3) is 5.91 Å². The Bertz CT molecular complexity index is 1090. The van der Waals surface area contributed by atoms with Gasteiger partial charge in [-0.15, -0.1) is 11.3 Å². The van der Waals surface area contributed by atoms with Crippen molar-refractivity contribution in [2.45, 2.75) is 26.3 Å². The molecule has 4 rings (SSSR count). The van der Waals surface area contributed by atoms with Crippen LogP contribution in [-0.4, -0.2) is 30.3 Å². The Morgan fingerprint density at radius 2 is 1.94 bits per heavy atom. The highest BCUT2D eigenvalue weighted by Crippen LogP contribution is 2.34. The van der Waals surface area contributed by atoms with E-state index in [4.69, 9.17) is 14.2 Å². The zero-order valence-corrected chi connectivity index (χ0v) is 18.0. The van der Waals surface area contributed by atoms with Crippen molar-refractivity contribution in [3.05, 3.63) is 64.7 Å². The number of carbonyl (C=O) groups excluding carboxylic acids is 2. The molecule has 1 N–H and O–H groups in total. The molecule has 0 bridgehead atoms. The molecule has 1 aliphatic rings. The first-order chi connectivity index (χ1) is 15.0.